The van der Waals surface area contributed by atoms with Crippen LogP contribution in [0.1, 0.15) is 30.0 Å². The van der Waals surface area contributed by atoms with Crippen molar-refractivity contribution in [2.75, 3.05) is 33.4 Å². The summed E-state index contributed by atoms with van der Waals surface area (Å²) in [4.78, 5) is 15.3. The van der Waals surface area contributed by atoms with Gasteiger partial charge in [-0.25, -0.2) is 4.39 Å². The van der Waals surface area contributed by atoms with E-state index in [0.29, 0.717) is 6.54 Å². The molecule has 30 heavy (non-hydrogen) atoms. The third kappa shape index (κ3) is 5.12. The smallest absolute Gasteiger partial charge is 0.224 e. The Morgan fingerprint density at radius 3 is 2.47 bits per heavy atom. The minimum Gasteiger partial charge on any atom is -0.355 e. The maximum atomic E-state index is 14.0. The highest BCUT2D eigenvalue weighted by molar-refractivity contribution is 7.84. The summed E-state index contributed by atoms with van der Waals surface area (Å²) in [7, 11) is 2.89. The molecule has 0 saturated carbocycles. The maximum absolute atomic E-state index is 14.0. The quantitative estimate of drug-likeness (QED) is 0.729. The summed E-state index contributed by atoms with van der Waals surface area (Å²) in [5.41, 5.74) is 5.46. The molecular weight excluding hydrogens is 399 g/mol. The largest absolute Gasteiger partial charge is 0.355 e. The normalized spacial score (nSPS) is 15.6. The van der Waals surface area contributed by atoms with Crippen LogP contribution in [0.2, 0.25) is 0 Å². The number of amides is 1. The van der Waals surface area contributed by atoms with Gasteiger partial charge in [0.25, 0.3) is 0 Å². The summed E-state index contributed by atoms with van der Waals surface area (Å²) in [6, 6.07) is 12.3. The third-order valence-corrected chi connectivity index (χ3v) is 6.13. The molecular formula is C24H27FN2O2S. The van der Waals surface area contributed by atoms with Crippen molar-refractivity contribution in [1.29, 1.82) is 0 Å². The van der Waals surface area contributed by atoms with Crippen LogP contribution in [0, 0.1) is 5.82 Å². The summed E-state index contributed by atoms with van der Waals surface area (Å²) in [5, 5.41) is 2.93. The average molecular weight is 427 g/mol. The lowest BCUT2D eigenvalue weighted by molar-refractivity contribution is -0.120. The monoisotopic (exact) mass is 426 g/mol. The van der Waals surface area contributed by atoms with E-state index in [0.717, 1.165) is 44.8 Å². The van der Waals surface area contributed by atoms with Gasteiger partial charge in [0.15, 0.2) is 0 Å². The minimum absolute atomic E-state index is 0.0718. The molecule has 0 aromatic heterocycles. The number of hydrogen-bond donors (Lipinski definition) is 1. The SMILES string of the molecule is CC1=C(CC(=O)NCCN(C)C)c2cc(F)ccc2/C1=C/c1ccc(S(C)=O)cc1. The number of likely N-dealkylation sites (N-methyl/N-ethyl adjacent to an activating group) is 1. The van der Waals surface area contributed by atoms with E-state index in [1.54, 1.807) is 12.3 Å². The number of nitrogens with zero attached hydrogens (tertiary/aromatic N) is 1. The number of nitrogens with one attached hydrogen (secondary N) is 1. The summed E-state index contributed by atoms with van der Waals surface area (Å²) >= 11 is 0. The fourth-order valence-electron chi connectivity index (χ4n) is 3.55. The molecule has 2 aromatic rings. The first-order valence-electron chi connectivity index (χ1n) is 9.83. The van der Waals surface area contributed by atoms with Crippen molar-refractivity contribution in [3.8, 4) is 0 Å². The van der Waals surface area contributed by atoms with Crippen LogP contribution in [0.4, 0.5) is 4.39 Å². The zero-order valence-electron chi connectivity index (χ0n) is 17.8. The second-order valence-corrected chi connectivity index (χ2v) is 9.08. The Bertz CT molecular complexity index is 1040. The van der Waals surface area contributed by atoms with Crippen LogP contribution in [0.5, 0.6) is 0 Å². The molecule has 6 heteroatoms. The van der Waals surface area contributed by atoms with E-state index in [1.807, 2.05) is 56.3 Å². The number of hydrogen-bond acceptors (Lipinski definition) is 3. The Kier molecular flexibility index (Phi) is 7.00. The van der Waals surface area contributed by atoms with Crippen LogP contribution in [0.15, 0.2) is 52.9 Å². The molecule has 1 unspecified atom stereocenters. The van der Waals surface area contributed by atoms with Gasteiger partial charge in [0.05, 0.1) is 6.42 Å². The van der Waals surface area contributed by atoms with E-state index < -0.39 is 10.8 Å². The molecule has 0 radical (unpaired) electrons. The van der Waals surface area contributed by atoms with Crippen LogP contribution in [0.3, 0.4) is 0 Å². The molecule has 0 heterocycles. The van der Waals surface area contributed by atoms with Crippen LogP contribution >= 0.6 is 0 Å². The number of benzene rings is 2. The van der Waals surface area contributed by atoms with Gasteiger partial charge < -0.3 is 10.2 Å². The highest BCUT2D eigenvalue weighted by atomic mass is 32.2. The number of allylic oxidation sites excluding steroid dienone is 2. The van der Waals surface area contributed by atoms with Gasteiger partial charge in [0, 0.05) is 35.0 Å². The summed E-state index contributed by atoms with van der Waals surface area (Å²) < 4.78 is 25.6. The van der Waals surface area contributed by atoms with Crippen LogP contribution in [-0.4, -0.2) is 48.5 Å². The molecule has 1 aliphatic rings. The van der Waals surface area contributed by atoms with Gasteiger partial charge in [-0.2, -0.15) is 0 Å². The summed E-state index contributed by atoms with van der Waals surface area (Å²) in [6.45, 7) is 3.31. The topological polar surface area (TPSA) is 49.4 Å². The molecule has 1 atom stereocenters. The fourth-order valence-corrected chi connectivity index (χ4v) is 4.07. The third-order valence-electron chi connectivity index (χ3n) is 5.20. The van der Waals surface area contributed by atoms with E-state index in [1.165, 1.54) is 12.1 Å². The van der Waals surface area contributed by atoms with Crippen molar-refractivity contribution >= 4 is 33.9 Å². The highest BCUT2D eigenvalue weighted by Crippen LogP contribution is 2.43. The van der Waals surface area contributed by atoms with E-state index in [-0.39, 0.29) is 18.1 Å². The second-order valence-electron chi connectivity index (χ2n) is 7.70. The number of carbonyl (C=O) groups is 1. The van der Waals surface area contributed by atoms with Gasteiger partial charge in [0.1, 0.15) is 5.82 Å². The first-order chi connectivity index (χ1) is 14.3. The van der Waals surface area contributed by atoms with Crippen molar-refractivity contribution in [3.05, 3.63) is 70.5 Å². The Hall–Kier alpha value is -2.57. The zero-order chi connectivity index (χ0) is 21.8. The van der Waals surface area contributed by atoms with Gasteiger partial charge in [-0.1, -0.05) is 18.2 Å². The number of halogens is 1. The molecule has 0 aliphatic heterocycles. The van der Waals surface area contributed by atoms with Gasteiger partial charge >= 0.3 is 0 Å². The Morgan fingerprint density at radius 2 is 1.83 bits per heavy atom. The van der Waals surface area contributed by atoms with Gasteiger partial charge in [-0.05, 0) is 84.8 Å². The average Bonchev–Trinajstić information content (AvgIpc) is 2.93. The Balaban J connectivity index is 1.92. The van der Waals surface area contributed by atoms with Crippen molar-refractivity contribution in [2.45, 2.75) is 18.2 Å². The van der Waals surface area contributed by atoms with Crippen molar-refractivity contribution < 1.29 is 13.4 Å². The second kappa shape index (κ2) is 9.49. The van der Waals surface area contributed by atoms with Gasteiger partial charge in [-0.3, -0.25) is 9.00 Å². The number of fused-ring (bicyclic) bond motifs is 1. The molecule has 0 saturated heterocycles. The number of carbonyl (C=O) groups excluding carboxylic acids is 1. The van der Waals surface area contributed by atoms with Crippen LogP contribution < -0.4 is 5.32 Å². The standard InChI is InChI=1S/C24H27FN2O2S/c1-16-21(13-17-5-8-19(9-6-17)30(4)29)20-10-7-18(25)14-23(20)22(16)15-24(28)26-11-12-27(2)3/h5-10,13-14H,11-12,15H2,1-4H3,(H,26,28)/b21-13+. The predicted molar refractivity (Wildman–Crippen MR) is 122 cm³/mol. The Morgan fingerprint density at radius 1 is 1.13 bits per heavy atom. The first kappa shape index (κ1) is 22.1. The molecule has 4 nitrogen and oxygen atoms in total. The van der Waals surface area contributed by atoms with Crippen LogP contribution in [0.25, 0.3) is 17.2 Å². The number of rotatable bonds is 7. The molecule has 0 bridgehead atoms. The Labute approximate surface area is 179 Å². The van der Waals surface area contributed by atoms with E-state index in [2.05, 4.69) is 5.32 Å². The lowest BCUT2D eigenvalue weighted by atomic mass is 10.0. The molecule has 158 valence electrons. The van der Waals surface area contributed by atoms with Gasteiger partial charge in [-0.15, -0.1) is 0 Å². The minimum atomic E-state index is -1.02. The van der Waals surface area contributed by atoms with E-state index >= 15 is 0 Å². The molecule has 1 N–H and O–H groups in total. The molecule has 2 aromatic carbocycles. The molecule has 3 rings (SSSR count). The first-order valence-corrected chi connectivity index (χ1v) is 11.4. The lowest BCUT2D eigenvalue weighted by Crippen LogP contribution is -2.31. The van der Waals surface area contributed by atoms with E-state index in [4.69, 9.17) is 0 Å². The van der Waals surface area contributed by atoms with Crippen molar-refractivity contribution in [2.24, 2.45) is 0 Å². The summed E-state index contributed by atoms with van der Waals surface area (Å²) in [5.74, 6) is -0.388. The maximum Gasteiger partial charge on any atom is 0.224 e. The molecule has 1 aliphatic carbocycles. The van der Waals surface area contributed by atoms with Gasteiger partial charge in [0.2, 0.25) is 5.91 Å². The molecule has 1 amide bonds. The fraction of sp³-hybridized carbons (Fsp3) is 0.292. The highest BCUT2D eigenvalue weighted by Gasteiger charge is 2.25. The zero-order valence-corrected chi connectivity index (χ0v) is 18.6. The van der Waals surface area contributed by atoms with Crippen molar-refractivity contribution in [1.82, 2.24) is 10.2 Å². The molecule has 0 fully saturated rings. The molecule has 0 spiro atoms. The predicted octanol–water partition coefficient (Wildman–Crippen LogP) is 3.96. The summed E-state index contributed by atoms with van der Waals surface area (Å²) in [6.07, 6.45) is 3.89. The lowest BCUT2D eigenvalue weighted by Gasteiger charge is -2.11. The van der Waals surface area contributed by atoms with Crippen LogP contribution in [-0.2, 0) is 15.6 Å². The van der Waals surface area contributed by atoms with E-state index in [9.17, 15) is 13.4 Å². The van der Waals surface area contributed by atoms with Crippen molar-refractivity contribution in [3.63, 3.8) is 0 Å².